The first kappa shape index (κ1) is 12.5. The van der Waals surface area contributed by atoms with Crippen molar-refractivity contribution >= 4 is 5.91 Å². The van der Waals surface area contributed by atoms with E-state index < -0.39 is 0 Å². The number of ether oxygens (including phenoxy) is 1. The molecule has 1 saturated heterocycles. The molecule has 104 valence electrons. The number of tetrazole rings is 1. The molecular weight excluding hydrogens is 250 g/mol. The maximum absolute atomic E-state index is 12.3. The van der Waals surface area contributed by atoms with Gasteiger partial charge in [-0.25, -0.2) is 4.68 Å². The average Bonchev–Trinajstić information content (AvgIpc) is 3.05. The molecule has 1 aliphatic carbocycles. The molecule has 3 rings (SSSR count). The van der Waals surface area contributed by atoms with Crippen molar-refractivity contribution in [1.82, 2.24) is 25.1 Å². The Morgan fingerprint density at radius 2 is 2.37 bits per heavy atom. The van der Waals surface area contributed by atoms with Crippen LogP contribution in [0.4, 0.5) is 0 Å². The molecule has 1 amide bonds. The lowest BCUT2D eigenvalue weighted by Gasteiger charge is -2.37. The summed E-state index contributed by atoms with van der Waals surface area (Å²) in [6, 6.07) is 0.0786. The highest BCUT2D eigenvalue weighted by molar-refractivity contribution is 5.76. The summed E-state index contributed by atoms with van der Waals surface area (Å²) in [4.78, 5) is 14.1. The van der Waals surface area contributed by atoms with Crippen LogP contribution in [-0.4, -0.2) is 68.0 Å². The first-order chi connectivity index (χ1) is 9.28. The van der Waals surface area contributed by atoms with Gasteiger partial charge in [-0.15, -0.1) is 5.10 Å². The SMILES string of the molecule is O=C(Cn1cnnn1)N1CCOC2C[C@H](CO)C[C@@H]21. The molecule has 1 N–H and O–H groups in total. The summed E-state index contributed by atoms with van der Waals surface area (Å²) in [6.07, 6.45) is 3.13. The maximum Gasteiger partial charge on any atom is 0.244 e. The normalized spacial score (nSPS) is 30.4. The molecule has 8 nitrogen and oxygen atoms in total. The number of morpholine rings is 1. The Morgan fingerprint density at radius 1 is 1.47 bits per heavy atom. The van der Waals surface area contributed by atoms with Crippen molar-refractivity contribution < 1.29 is 14.6 Å². The average molecular weight is 267 g/mol. The van der Waals surface area contributed by atoms with Crippen LogP contribution in [0.5, 0.6) is 0 Å². The number of aliphatic hydroxyl groups is 1. The lowest BCUT2D eigenvalue weighted by atomic mass is 10.1. The summed E-state index contributed by atoms with van der Waals surface area (Å²) in [5, 5.41) is 20.0. The third-order valence-electron chi connectivity index (χ3n) is 3.90. The van der Waals surface area contributed by atoms with Crippen LogP contribution < -0.4 is 0 Å². The summed E-state index contributed by atoms with van der Waals surface area (Å²) < 4.78 is 7.12. The second-order valence-corrected chi connectivity index (χ2v) is 5.09. The number of carbonyl (C=O) groups excluding carboxylic acids is 1. The largest absolute Gasteiger partial charge is 0.396 e. The number of hydrogen-bond donors (Lipinski definition) is 1. The van der Waals surface area contributed by atoms with Gasteiger partial charge in [-0.05, 0) is 29.2 Å². The van der Waals surface area contributed by atoms with E-state index in [0.29, 0.717) is 13.2 Å². The first-order valence-corrected chi connectivity index (χ1v) is 6.50. The van der Waals surface area contributed by atoms with E-state index in [1.54, 1.807) is 0 Å². The van der Waals surface area contributed by atoms with Crippen LogP contribution in [0.25, 0.3) is 0 Å². The van der Waals surface area contributed by atoms with Crippen molar-refractivity contribution in [3.63, 3.8) is 0 Å². The number of amides is 1. The maximum atomic E-state index is 12.3. The summed E-state index contributed by atoms with van der Waals surface area (Å²) in [7, 11) is 0. The van der Waals surface area contributed by atoms with Crippen molar-refractivity contribution in [3.8, 4) is 0 Å². The van der Waals surface area contributed by atoms with Crippen LogP contribution in [0, 0.1) is 5.92 Å². The van der Waals surface area contributed by atoms with E-state index in [0.717, 1.165) is 12.8 Å². The predicted octanol–water partition coefficient (Wildman–Crippen LogP) is -1.33. The number of carbonyl (C=O) groups is 1. The Hall–Kier alpha value is -1.54. The van der Waals surface area contributed by atoms with Gasteiger partial charge in [-0.2, -0.15) is 0 Å². The van der Waals surface area contributed by atoms with Crippen LogP contribution in [-0.2, 0) is 16.1 Å². The molecule has 2 aliphatic rings. The standard InChI is InChI=1S/C11H17N5O3/c17-6-8-3-9-10(4-8)19-2-1-16(9)11(18)5-15-7-12-13-14-15/h7-10,17H,1-6H2/t8-,9+,10?/m1/s1. The van der Waals surface area contributed by atoms with Gasteiger partial charge in [-0.3, -0.25) is 4.79 Å². The highest BCUT2D eigenvalue weighted by atomic mass is 16.5. The van der Waals surface area contributed by atoms with Crippen LogP contribution in [0.1, 0.15) is 12.8 Å². The molecular formula is C11H17N5O3. The number of fused-ring (bicyclic) bond motifs is 1. The van der Waals surface area contributed by atoms with E-state index in [9.17, 15) is 9.90 Å². The van der Waals surface area contributed by atoms with Gasteiger partial charge in [-0.1, -0.05) is 0 Å². The lowest BCUT2D eigenvalue weighted by molar-refractivity contribution is -0.144. The van der Waals surface area contributed by atoms with Gasteiger partial charge in [0.25, 0.3) is 0 Å². The van der Waals surface area contributed by atoms with Crippen molar-refractivity contribution in [2.75, 3.05) is 19.8 Å². The molecule has 0 aromatic carbocycles. The Morgan fingerprint density at radius 3 is 3.11 bits per heavy atom. The van der Waals surface area contributed by atoms with Gasteiger partial charge in [0.2, 0.25) is 5.91 Å². The molecule has 0 radical (unpaired) electrons. The number of aromatic nitrogens is 4. The van der Waals surface area contributed by atoms with E-state index in [2.05, 4.69) is 15.5 Å². The van der Waals surface area contributed by atoms with Crippen molar-refractivity contribution in [2.24, 2.45) is 5.92 Å². The van der Waals surface area contributed by atoms with E-state index in [1.807, 2.05) is 4.90 Å². The quantitative estimate of drug-likeness (QED) is 0.729. The second-order valence-electron chi connectivity index (χ2n) is 5.09. The van der Waals surface area contributed by atoms with E-state index in [1.165, 1.54) is 11.0 Å². The number of hydrogen-bond acceptors (Lipinski definition) is 6. The number of aliphatic hydroxyl groups excluding tert-OH is 1. The van der Waals surface area contributed by atoms with E-state index in [-0.39, 0.29) is 37.1 Å². The molecule has 19 heavy (non-hydrogen) atoms. The van der Waals surface area contributed by atoms with Crippen LogP contribution >= 0.6 is 0 Å². The minimum Gasteiger partial charge on any atom is -0.396 e. The minimum atomic E-state index is 0.00388. The Balaban J connectivity index is 1.67. The summed E-state index contributed by atoms with van der Waals surface area (Å²) >= 11 is 0. The van der Waals surface area contributed by atoms with E-state index >= 15 is 0 Å². The van der Waals surface area contributed by atoms with Crippen molar-refractivity contribution in [3.05, 3.63) is 6.33 Å². The molecule has 0 spiro atoms. The molecule has 1 saturated carbocycles. The van der Waals surface area contributed by atoms with Crippen molar-refractivity contribution in [2.45, 2.75) is 31.5 Å². The molecule has 8 heteroatoms. The first-order valence-electron chi connectivity index (χ1n) is 6.50. The monoisotopic (exact) mass is 267 g/mol. The number of nitrogens with zero attached hydrogens (tertiary/aromatic N) is 5. The summed E-state index contributed by atoms with van der Waals surface area (Å²) in [5.41, 5.74) is 0. The molecule has 3 atom stereocenters. The molecule has 1 unspecified atom stereocenters. The van der Waals surface area contributed by atoms with Gasteiger partial charge in [0.05, 0.1) is 18.8 Å². The Kier molecular flexibility index (Phi) is 3.43. The van der Waals surface area contributed by atoms with Crippen LogP contribution in [0.15, 0.2) is 6.33 Å². The second kappa shape index (κ2) is 5.22. The van der Waals surface area contributed by atoms with Gasteiger partial charge >= 0.3 is 0 Å². The topological polar surface area (TPSA) is 93.4 Å². The predicted molar refractivity (Wildman–Crippen MR) is 62.9 cm³/mol. The molecule has 0 bridgehead atoms. The van der Waals surface area contributed by atoms with Crippen LogP contribution in [0.3, 0.4) is 0 Å². The molecule has 1 aromatic rings. The third-order valence-corrected chi connectivity index (χ3v) is 3.90. The van der Waals surface area contributed by atoms with Gasteiger partial charge < -0.3 is 14.7 Å². The van der Waals surface area contributed by atoms with Gasteiger partial charge in [0.1, 0.15) is 12.9 Å². The van der Waals surface area contributed by atoms with Crippen LogP contribution in [0.2, 0.25) is 0 Å². The highest BCUT2D eigenvalue weighted by Gasteiger charge is 2.42. The Labute approximate surface area is 110 Å². The minimum absolute atomic E-state index is 0.00388. The third kappa shape index (κ3) is 2.45. The molecule has 2 heterocycles. The fraction of sp³-hybridized carbons (Fsp3) is 0.818. The zero-order chi connectivity index (χ0) is 13.2. The number of rotatable bonds is 3. The zero-order valence-electron chi connectivity index (χ0n) is 10.6. The lowest BCUT2D eigenvalue weighted by Crippen LogP contribution is -2.52. The summed E-state index contributed by atoms with van der Waals surface area (Å²) in [6.45, 7) is 1.46. The molecule has 1 aromatic heterocycles. The van der Waals surface area contributed by atoms with Gasteiger partial charge in [0.15, 0.2) is 0 Å². The van der Waals surface area contributed by atoms with E-state index in [4.69, 9.17) is 4.74 Å². The molecule has 2 fully saturated rings. The van der Waals surface area contributed by atoms with Crippen molar-refractivity contribution in [1.29, 1.82) is 0 Å². The fourth-order valence-corrected chi connectivity index (χ4v) is 2.99. The smallest absolute Gasteiger partial charge is 0.244 e. The Bertz CT molecular complexity index is 438. The summed E-state index contributed by atoms with van der Waals surface area (Å²) in [5.74, 6) is 0.237. The molecule has 1 aliphatic heterocycles. The highest BCUT2D eigenvalue weighted by Crippen LogP contribution is 2.34. The van der Waals surface area contributed by atoms with Gasteiger partial charge in [0, 0.05) is 13.2 Å². The zero-order valence-corrected chi connectivity index (χ0v) is 10.6. The fourth-order valence-electron chi connectivity index (χ4n) is 2.99.